The SMILES string of the molecule is CC(C)CN(C)c1cc(CNC(C)C)c(Cl)cn1. The molecule has 0 unspecified atom stereocenters. The van der Waals surface area contributed by atoms with Crippen LogP contribution in [-0.2, 0) is 6.54 Å². The van der Waals surface area contributed by atoms with E-state index in [1.54, 1.807) is 6.20 Å². The molecule has 0 aliphatic rings. The molecular formula is C14H24ClN3. The average Bonchev–Trinajstić information content (AvgIpc) is 2.26. The molecular weight excluding hydrogens is 246 g/mol. The van der Waals surface area contributed by atoms with Gasteiger partial charge >= 0.3 is 0 Å². The van der Waals surface area contributed by atoms with Crippen molar-refractivity contribution in [2.45, 2.75) is 40.3 Å². The summed E-state index contributed by atoms with van der Waals surface area (Å²) in [5.74, 6) is 1.60. The summed E-state index contributed by atoms with van der Waals surface area (Å²) >= 11 is 6.17. The van der Waals surface area contributed by atoms with E-state index in [1.165, 1.54) is 0 Å². The van der Waals surface area contributed by atoms with Gasteiger partial charge in [0.05, 0.1) is 5.02 Å². The van der Waals surface area contributed by atoms with Gasteiger partial charge in [0.15, 0.2) is 0 Å². The second-order valence-corrected chi connectivity index (χ2v) is 5.85. The van der Waals surface area contributed by atoms with Gasteiger partial charge in [-0.2, -0.15) is 0 Å². The third-order valence-electron chi connectivity index (χ3n) is 2.65. The zero-order valence-electron chi connectivity index (χ0n) is 12.0. The maximum Gasteiger partial charge on any atom is 0.128 e. The van der Waals surface area contributed by atoms with Gasteiger partial charge in [0.25, 0.3) is 0 Å². The Morgan fingerprint density at radius 1 is 1.33 bits per heavy atom. The summed E-state index contributed by atoms with van der Waals surface area (Å²) in [6.07, 6.45) is 1.74. The fourth-order valence-corrected chi connectivity index (χ4v) is 1.94. The lowest BCUT2D eigenvalue weighted by molar-refractivity contribution is 0.588. The Morgan fingerprint density at radius 3 is 2.56 bits per heavy atom. The monoisotopic (exact) mass is 269 g/mol. The van der Waals surface area contributed by atoms with E-state index in [4.69, 9.17) is 11.6 Å². The molecule has 0 radical (unpaired) electrons. The van der Waals surface area contributed by atoms with E-state index in [-0.39, 0.29) is 0 Å². The first-order valence-electron chi connectivity index (χ1n) is 6.49. The van der Waals surface area contributed by atoms with Crippen molar-refractivity contribution in [3.8, 4) is 0 Å². The molecule has 3 nitrogen and oxygen atoms in total. The molecule has 4 heteroatoms. The van der Waals surface area contributed by atoms with Gasteiger partial charge in [-0.25, -0.2) is 4.98 Å². The number of hydrogen-bond donors (Lipinski definition) is 1. The first-order chi connectivity index (χ1) is 8.40. The molecule has 0 atom stereocenters. The summed E-state index contributed by atoms with van der Waals surface area (Å²) in [5.41, 5.74) is 1.10. The van der Waals surface area contributed by atoms with Crippen LogP contribution >= 0.6 is 11.6 Å². The molecule has 0 spiro atoms. The second-order valence-electron chi connectivity index (χ2n) is 5.44. The maximum absolute atomic E-state index is 6.17. The number of hydrogen-bond acceptors (Lipinski definition) is 3. The summed E-state index contributed by atoms with van der Waals surface area (Å²) in [6, 6.07) is 2.52. The minimum absolute atomic E-state index is 0.450. The second kappa shape index (κ2) is 6.95. The Balaban J connectivity index is 2.79. The first-order valence-corrected chi connectivity index (χ1v) is 6.87. The fraction of sp³-hybridized carbons (Fsp3) is 0.643. The van der Waals surface area contributed by atoms with Gasteiger partial charge in [-0.1, -0.05) is 39.3 Å². The largest absolute Gasteiger partial charge is 0.359 e. The van der Waals surface area contributed by atoms with Crippen molar-refractivity contribution in [3.05, 3.63) is 22.8 Å². The highest BCUT2D eigenvalue weighted by Crippen LogP contribution is 2.20. The van der Waals surface area contributed by atoms with Crippen LogP contribution in [0.25, 0.3) is 0 Å². The number of aromatic nitrogens is 1. The number of halogens is 1. The fourth-order valence-electron chi connectivity index (χ4n) is 1.77. The van der Waals surface area contributed by atoms with E-state index in [1.807, 2.05) is 0 Å². The molecule has 102 valence electrons. The quantitative estimate of drug-likeness (QED) is 0.859. The van der Waals surface area contributed by atoms with Crippen molar-refractivity contribution >= 4 is 17.4 Å². The Kier molecular flexibility index (Phi) is 5.89. The van der Waals surface area contributed by atoms with Gasteiger partial charge in [0, 0.05) is 32.4 Å². The molecule has 18 heavy (non-hydrogen) atoms. The topological polar surface area (TPSA) is 28.2 Å². The normalized spacial score (nSPS) is 11.3. The highest BCUT2D eigenvalue weighted by molar-refractivity contribution is 6.31. The molecule has 0 fully saturated rings. The summed E-state index contributed by atoms with van der Waals surface area (Å²) in [5, 5.41) is 4.11. The number of pyridine rings is 1. The lowest BCUT2D eigenvalue weighted by atomic mass is 10.2. The molecule has 0 aliphatic carbocycles. The Hall–Kier alpha value is -0.800. The summed E-state index contributed by atoms with van der Waals surface area (Å²) in [4.78, 5) is 6.55. The van der Waals surface area contributed by atoms with E-state index in [0.29, 0.717) is 12.0 Å². The van der Waals surface area contributed by atoms with Crippen LogP contribution in [-0.4, -0.2) is 24.6 Å². The Labute approximate surface area is 116 Å². The van der Waals surface area contributed by atoms with E-state index >= 15 is 0 Å². The van der Waals surface area contributed by atoms with Crippen LogP contribution in [0.3, 0.4) is 0 Å². The molecule has 1 rings (SSSR count). The van der Waals surface area contributed by atoms with Crippen LogP contribution in [0.2, 0.25) is 5.02 Å². The van der Waals surface area contributed by atoms with Crippen molar-refractivity contribution in [3.63, 3.8) is 0 Å². The van der Waals surface area contributed by atoms with Crippen molar-refractivity contribution < 1.29 is 0 Å². The van der Waals surface area contributed by atoms with Gasteiger partial charge in [-0.3, -0.25) is 0 Å². The highest BCUT2D eigenvalue weighted by Gasteiger charge is 2.08. The lowest BCUT2D eigenvalue weighted by Gasteiger charge is -2.21. The van der Waals surface area contributed by atoms with E-state index in [2.05, 4.69) is 56.0 Å². The third kappa shape index (κ3) is 4.83. The van der Waals surface area contributed by atoms with Gasteiger partial charge in [0.1, 0.15) is 5.82 Å². The van der Waals surface area contributed by atoms with Crippen LogP contribution in [0.4, 0.5) is 5.82 Å². The molecule has 0 bridgehead atoms. The molecule has 0 aliphatic heterocycles. The van der Waals surface area contributed by atoms with Crippen LogP contribution in [0.5, 0.6) is 0 Å². The van der Waals surface area contributed by atoms with Crippen molar-refractivity contribution in [2.24, 2.45) is 5.92 Å². The molecule has 0 aromatic carbocycles. The molecule has 0 saturated heterocycles. The van der Waals surface area contributed by atoms with Crippen molar-refractivity contribution in [2.75, 3.05) is 18.5 Å². The molecule has 1 N–H and O–H groups in total. The number of rotatable bonds is 6. The number of nitrogens with zero attached hydrogens (tertiary/aromatic N) is 2. The average molecular weight is 270 g/mol. The molecule has 0 saturated carbocycles. The van der Waals surface area contributed by atoms with E-state index in [0.717, 1.165) is 29.5 Å². The highest BCUT2D eigenvalue weighted by atomic mass is 35.5. The molecule has 1 heterocycles. The van der Waals surface area contributed by atoms with Crippen LogP contribution < -0.4 is 10.2 Å². The van der Waals surface area contributed by atoms with Crippen LogP contribution in [0, 0.1) is 5.92 Å². The summed E-state index contributed by atoms with van der Waals surface area (Å²) in [6.45, 7) is 10.4. The summed E-state index contributed by atoms with van der Waals surface area (Å²) in [7, 11) is 2.07. The Bertz CT molecular complexity index is 377. The zero-order chi connectivity index (χ0) is 13.7. The van der Waals surface area contributed by atoms with Gasteiger partial charge in [-0.05, 0) is 17.5 Å². The standard InChI is InChI=1S/C14H24ClN3/c1-10(2)9-18(5)14-6-12(7-16-11(3)4)13(15)8-17-14/h6,8,10-11,16H,7,9H2,1-5H3. The number of nitrogens with one attached hydrogen (secondary N) is 1. The molecule has 0 amide bonds. The first kappa shape index (κ1) is 15.3. The predicted molar refractivity (Wildman–Crippen MR) is 79.3 cm³/mol. The lowest BCUT2D eigenvalue weighted by Crippen LogP contribution is -2.25. The van der Waals surface area contributed by atoms with Gasteiger partial charge < -0.3 is 10.2 Å². The van der Waals surface area contributed by atoms with Crippen molar-refractivity contribution in [1.29, 1.82) is 0 Å². The molecule has 1 aromatic heterocycles. The van der Waals surface area contributed by atoms with E-state index in [9.17, 15) is 0 Å². The minimum atomic E-state index is 0.450. The predicted octanol–water partition coefficient (Wildman–Crippen LogP) is 3.33. The number of anilines is 1. The van der Waals surface area contributed by atoms with Gasteiger partial charge in [0.2, 0.25) is 0 Å². The molecule has 1 aromatic rings. The zero-order valence-corrected chi connectivity index (χ0v) is 12.8. The van der Waals surface area contributed by atoms with Crippen LogP contribution in [0.1, 0.15) is 33.3 Å². The summed E-state index contributed by atoms with van der Waals surface area (Å²) < 4.78 is 0. The maximum atomic E-state index is 6.17. The Morgan fingerprint density at radius 2 is 2.00 bits per heavy atom. The van der Waals surface area contributed by atoms with Crippen LogP contribution in [0.15, 0.2) is 12.3 Å². The van der Waals surface area contributed by atoms with Gasteiger partial charge in [-0.15, -0.1) is 0 Å². The third-order valence-corrected chi connectivity index (χ3v) is 2.99. The minimum Gasteiger partial charge on any atom is -0.359 e. The van der Waals surface area contributed by atoms with E-state index < -0.39 is 0 Å². The smallest absolute Gasteiger partial charge is 0.128 e. The van der Waals surface area contributed by atoms with Crippen molar-refractivity contribution in [1.82, 2.24) is 10.3 Å².